The number of rotatable bonds is 3. The summed E-state index contributed by atoms with van der Waals surface area (Å²) in [7, 11) is 0. The zero-order valence-electron chi connectivity index (χ0n) is 12.3. The molecule has 1 aliphatic heterocycles. The summed E-state index contributed by atoms with van der Waals surface area (Å²) in [5.74, 6) is -0.363. The molecule has 0 amide bonds. The SMILES string of the molecule is CC1=C(N[C@H](C)c2ccccc2)CC2(CC1)OCCO2. The molecule has 1 saturated heterocycles. The van der Waals surface area contributed by atoms with E-state index in [0.717, 1.165) is 32.5 Å². The molecule has 1 aromatic carbocycles. The van der Waals surface area contributed by atoms with Gasteiger partial charge in [-0.15, -0.1) is 0 Å². The average molecular weight is 273 g/mol. The van der Waals surface area contributed by atoms with E-state index in [-0.39, 0.29) is 5.79 Å². The Morgan fingerprint density at radius 3 is 2.55 bits per heavy atom. The van der Waals surface area contributed by atoms with E-state index in [4.69, 9.17) is 9.47 Å². The van der Waals surface area contributed by atoms with E-state index < -0.39 is 0 Å². The minimum Gasteiger partial charge on any atom is -0.382 e. The predicted octanol–water partition coefficient (Wildman–Crippen LogP) is 3.54. The maximum atomic E-state index is 5.85. The smallest absolute Gasteiger partial charge is 0.174 e. The molecule has 1 heterocycles. The molecule has 3 nitrogen and oxygen atoms in total. The molecule has 3 heteroatoms. The molecule has 1 aliphatic carbocycles. The van der Waals surface area contributed by atoms with Gasteiger partial charge in [-0.05, 0) is 25.8 Å². The summed E-state index contributed by atoms with van der Waals surface area (Å²) in [5, 5.41) is 3.66. The quantitative estimate of drug-likeness (QED) is 0.913. The number of ether oxygens (including phenoxy) is 2. The molecule has 2 aliphatic rings. The fraction of sp³-hybridized carbons (Fsp3) is 0.529. The van der Waals surface area contributed by atoms with Crippen molar-refractivity contribution in [2.24, 2.45) is 0 Å². The van der Waals surface area contributed by atoms with Crippen LogP contribution in [-0.4, -0.2) is 19.0 Å². The van der Waals surface area contributed by atoms with Crippen molar-refractivity contribution in [2.45, 2.75) is 44.9 Å². The average Bonchev–Trinajstić information content (AvgIpc) is 2.92. The van der Waals surface area contributed by atoms with Gasteiger partial charge in [-0.25, -0.2) is 0 Å². The number of benzene rings is 1. The first-order valence-electron chi connectivity index (χ1n) is 7.47. The molecule has 0 bridgehead atoms. The topological polar surface area (TPSA) is 30.5 Å². The summed E-state index contributed by atoms with van der Waals surface area (Å²) in [4.78, 5) is 0. The third-order valence-corrected chi connectivity index (χ3v) is 4.35. The van der Waals surface area contributed by atoms with Crippen LogP contribution in [0.1, 0.15) is 44.7 Å². The van der Waals surface area contributed by atoms with Gasteiger partial charge < -0.3 is 14.8 Å². The van der Waals surface area contributed by atoms with Gasteiger partial charge in [0, 0.05) is 24.6 Å². The highest BCUT2D eigenvalue weighted by molar-refractivity contribution is 5.23. The maximum absolute atomic E-state index is 5.85. The van der Waals surface area contributed by atoms with Crippen LogP contribution in [0.4, 0.5) is 0 Å². The van der Waals surface area contributed by atoms with Gasteiger partial charge in [-0.3, -0.25) is 0 Å². The van der Waals surface area contributed by atoms with E-state index in [1.807, 2.05) is 0 Å². The molecule has 1 fully saturated rings. The highest BCUT2D eigenvalue weighted by Gasteiger charge is 2.40. The lowest BCUT2D eigenvalue weighted by molar-refractivity contribution is -0.164. The highest BCUT2D eigenvalue weighted by Crippen LogP contribution is 2.38. The van der Waals surface area contributed by atoms with E-state index in [1.54, 1.807) is 0 Å². The van der Waals surface area contributed by atoms with Crippen LogP contribution in [-0.2, 0) is 9.47 Å². The van der Waals surface area contributed by atoms with Crippen LogP contribution >= 0.6 is 0 Å². The molecular formula is C17H23NO2. The Labute approximate surface area is 121 Å². The van der Waals surface area contributed by atoms with E-state index in [2.05, 4.69) is 49.5 Å². The van der Waals surface area contributed by atoms with E-state index >= 15 is 0 Å². The second kappa shape index (κ2) is 5.58. The Kier molecular flexibility index (Phi) is 3.81. The van der Waals surface area contributed by atoms with Gasteiger partial charge in [0.1, 0.15) is 0 Å². The van der Waals surface area contributed by atoms with Crippen LogP contribution in [0.15, 0.2) is 41.6 Å². The molecule has 1 aromatic rings. The summed E-state index contributed by atoms with van der Waals surface area (Å²) < 4.78 is 11.7. The third kappa shape index (κ3) is 2.74. The van der Waals surface area contributed by atoms with Gasteiger partial charge in [0.2, 0.25) is 0 Å². The van der Waals surface area contributed by atoms with Crippen molar-refractivity contribution in [2.75, 3.05) is 13.2 Å². The number of nitrogens with one attached hydrogen (secondary N) is 1. The summed E-state index contributed by atoms with van der Waals surface area (Å²) in [6.07, 6.45) is 2.86. The summed E-state index contributed by atoms with van der Waals surface area (Å²) >= 11 is 0. The van der Waals surface area contributed by atoms with Crippen molar-refractivity contribution in [3.05, 3.63) is 47.2 Å². The molecule has 1 atom stereocenters. The van der Waals surface area contributed by atoms with Crippen molar-refractivity contribution >= 4 is 0 Å². The lowest BCUT2D eigenvalue weighted by Crippen LogP contribution is -2.37. The Morgan fingerprint density at radius 2 is 1.85 bits per heavy atom. The summed E-state index contributed by atoms with van der Waals surface area (Å²) in [6.45, 7) is 5.86. The molecule has 0 radical (unpaired) electrons. The molecule has 1 N–H and O–H groups in total. The first kappa shape index (κ1) is 13.7. The number of hydrogen-bond donors (Lipinski definition) is 1. The third-order valence-electron chi connectivity index (χ3n) is 4.35. The van der Waals surface area contributed by atoms with Crippen LogP contribution in [0.3, 0.4) is 0 Å². The van der Waals surface area contributed by atoms with Crippen molar-refractivity contribution in [1.29, 1.82) is 0 Å². The summed E-state index contributed by atoms with van der Waals surface area (Å²) in [6, 6.07) is 10.8. The standard InChI is InChI=1S/C17H23NO2/c1-13-8-9-17(19-10-11-20-17)12-16(13)18-14(2)15-6-4-3-5-7-15/h3-7,14,18H,8-12H2,1-2H3/t14-/m1/s1. The molecule has 20 heavy (non-hydrogen) atoms. The van der Waals surface area contributed by atoms with Gasteiger partial charge in [0.05, 0.1) is 13.2 Å². The van der Waals surface area contributed by atoms with Crippen LogP contribution in [0, 0.1) is 0 Å². The van der Waals surface area contributed by atoms with Gasteiger partial charge in [-0.1, -0.05) is 35.9 Å². The largest absolute Gasteiger partial charge is 0.382 e. The van der Waals surface area contributed by atoms with E-state index in [9.17, 15) is 0 Å². The summed E-state index contributed by atoms with van der Waals surface area (Å²) in [5.41, 5.74) is 4.02. The molecule has 1 spiro atoms. The zero-order valence-corrected chi connectivity index (χ0v) is 12.3. The second-order valence-corrected chi connectivity index (χ2v) is 5.82. The molecule has 0 aromatic heterocycles. The van der Waals surface area contributed by atoms with Crippen LogP contribution in [0.25, 0.3) is 0 Å². The van der Waals surface area contributed by atoms with Gasteiger partial charge in [-0.2, -0.15) is 0 Å². The Hall–Kier alpha value is -1.32. The van der Waals surface area contributed by atoms with E-state index in [0.29, 0.717) is 6.04 Å². The molecule has 0 saturated carbocycles. The first-order valence-corrected chi connectivity index (χ1v) is 7.47. The number of hydrogen-bond acceptors (Lipinski definition) is 3. The number of allylic oxidation sites excluding steroid dienone is 1. The Balaban J connectivity index is 1.72. The fourth-order valence-corrected chi connectivity index (χ4v) is 3.04. The monoisotopic (exact) mass is 273 g/mol. The Morgan fingerprint density at radius 1 is 1.15 bits per heavy atom. The van der Waals surface area contributed by atoms with Crippen LogP contribution in [0.2, 0.25) is 0 Å². The zero-order chi connectivity index (χ0) is 14.0. The molecule has 0 unspecified atom stereocenters. The first-order chi connectivity index (χ1) is 9.69. The van der Waals surface area contributed by atoms with Crippen molar-refractivity contribution < 1.29 is 9.47 Å². The fourth-order valence-electron chi connectivity index (χ4n) is 3.04. The van der Waals surface area contributed by atoms with Crippen LogP contribution < -0.4 is 5.32 Å². The lowest BCUT2D eigenvalue weighted by Gasteiger charge is -2.35. The maximum Gasteiger partial charge on any atom is 0.174 e. The predicted molar refractivity (Wildman–Crippen MR) is 79.2 cm³/mol. The van der Waals surface area contributed by atoms with Crippen molar-refractivity contribution in [1.82, 2.24) is 5.32 Å². The second-order valence-electron chi connectivity index (χ2n) is 5.82. The van der Waals surface area contributed by atoms with Crippen LogP contribution in [0.5, 0.6) is 0 Å². The van der Waals surface area contributed by atoms with Crippen molar-refractivity contribution in [3.8, 4) is 0 Å². The van der Waals surface area contributed by atoms with Gasteiger partial charge in [0.15, 0.2) is 5.79 Å². The molecular weight excluding hydrogens is 250 g/mol. The van der Waals surface area contributed by atoms with Gasteiger partial charge in [0.25, 0.3) is 0 Å². The minimum atomic E-state index is -0.363. The van der Waals surface area contributed by atoms with E-state index in [1.165, 1.54) is 16.8 Å². The van der Waals surface area contributed by atoms with Crippen molar-refractivity contribution in [3.63, 3.8) is 0 Å². The molecule has 3 rings (SSSR count). The normalized spacial score (nSPS) is 23.1. The lowest BCUT2D eigenvalue weighted by atomic mass is 9.91. The molecule has 108 valence electrons. The Bertz CT molecular complexity index is 489. The minimum absolute atomic E-state index is 0.303. The highest BCUT2D eigenvalue weighted by atomic mass is 16.7. The van der Waals surface area contributed by atoms with Gasteiger partial charge >= 0.3 is 0 Å².